The van der Waals surface area contributed by atoms with Gasteiger partial charge < -0.3 is 10.4 Å². The van der Waals surface area contributed by atoms with E-state index >= 15 is 0 Å². The van der Waals surface area contributed by atoms with Crippen molar-refractivity contribution < 1.29 is 14.7 Å². The smallest absolute Gasteiger partial charge is 0.326 e. The highest BCUT2D eigenvalue weighted by Crippen LogP contribution is 2.27. The topological polar surface area (TPSA) is 66.4 Å². The molecule has 0 saturated heterocycles. The van der Waals surface area contributed by atoms with Crippen LogP contribution in [-0.4, -0.2) is 23.0 Å². The van der Waals surface area contributed by atoms with Crippen LogP contribution in [0.3, 0.4) is 0 Å². The minimum absolute atomic E-state index is 0.131. The van der Waals surface area contributed by atoms with Gasteiger partial charge in [-0.25, -0.2) is 4.79 Å². The minimum Gasteiger partial charge on any atom is -0.480 e. The monoisotopic (exact) mass is 373 g/mol. The van der Waals surface area contributed by atoms with Crippen LogP contribution in [-0.2, 0) is 16.0 Å². The lowest BCUT2D eigenvalue weighted by Crippen LogP contribution is -2.42. The Morgan fingerprint density at radius 3 is 1.68 bits per heavy atom. The Hall–Kier alpha value is -3.40. The van der Waals surface area contributed by atoms with Gasteiger partial charge in [0.15, 0.2) is 0 Å². The van der Waals surface area contributed by atoms with Gasteiger partial charge in [-0.1, -0.05) is 91.0 Å². The molecule has 0 bridgehead atoms. The molecule has 3 aromatic carbocycles. The van der Waals surface area contributed by atoms with E-state index in [4.69, 9.17) is 0 Å². The maximum atomic E-state index is 12.7. The van der Waals surface area contributed by atoms with Gasteiger partial charge in [0.1, 0.15) is 6.04 Å². The lowest BCUT2D eigenvalue weighted by molar-refractivity contribution is -0.141. The molecule has 1 atom stereocenters. The summed E-state index contributed by atoms with van der Waals surface area (Å²) in [5, 5.41) is 12.2. The molecule has 3 rings (SSSR count). The van der Waals surface area contributed by atoms with Crippen LogP contribution in [0.1, 0.15) is 29.0 Å². The summed E-state index contributed by atoms with van der Waals surface area (Å²) in [6.45, 7) is 0. The highest BCUT2D eigenvalue weighted by Gasteiger charge is 2.23. The zero-order valence-electron chi connectivity index (χ0n) is 15.5. The normalized spacial score (nSPS) is 11.8. The fourth-order valence-electron chi connectivity index (χ4n) is 3.29. The van der Waals surface area contributed by atoms with Crippen LogP contribution < -0.4 is 5.32 Å². The first kappa shape index (κ1) is 19.4. The van der Waals surface area contributed by atoms with Crippen LogP contribution in [0.15, 0.2) is 91.0 Å². The van der Waals surface area contributed by atoms with E-state index in [0.29, 0.717) is 0 Å². The first-order valence-electron chi connectivity index (χ1n) is 9.29. The van der Waals surface area contributed by atoms with Crippen molar-refractivity contribution in [3.05, 3.63) is 108 Å². The average Bonchev–Trinajstić information content (AvgIpc) is 2.73. The first-order valence-corrected chi connectivity index (χ1v) is 9.29. The highest BCUT2D eigenvalue weighted by molar-refractivity contribution is 5.84. The van der Waals surface area contributed by atoms with Crippen molar-refractivity contribution in [1.29, 1.82) is 0 Å². The van der Waals surface area contributed by atoms with Crippen molar-refractivity contribution in [3.63, 3.8) is 0 Å². The van der Waals surface area contributed by atoms with Crippen LogP contribution in [0.5, 0.6) is 0 Å². The van der Waals surface area contributed by atoms with E-state index in [1.807, 2.05) is 91.0 Å². The first-order chi connectivity index (χ1) is 13.6. The number of carbonyl (C=O) groups excluding carboxylic acids is 1. The Bertz CT molecular complexity index is 855. The van der Waals surface area contributed by atoms with Crippen LogP contribution in [0, 0.1) is 0 Å². The fraction of sp³-hybridized carbons (Fsp3) is 0.167. The van der Waals surface area contributed by atoms with Gasteiger partial charge >= 0.3 is 5.97 Å². The van der Waals surface area contributed by atoms with E-state index in [2.05, 4.69) is 5.32 Å². The molecule has 1 unspecified atom stereocenters. The number of benzene rings is 3. The summed E-state index contributed by atoms with van der Waals surface area (Å²) in [5.74, 6) is -1.44. The third-order valence-electron chi connectivity index (χ3n) is 4.71. The van der Waals surface area contributed by atoms with Gasteiger partial charge in [0.2, 0.25) is 5.91 Å². The largest absolute Gasteiger partial charge is 0.480 e. The molecular weight excluding hydrogens is 350 g/mol. The number of carbonyl (C=O) groups is 2. The summed E-state index contributed by atoms with van der Waals surface area (Å²) < 4.78 is 0. The fourth-order valence-corrected chi connectivity index (χ4v) is 3.29. The van der Waals surface area contributed by atoms with Crippen LogP contribution >= 0.6 is 0 Å². The molecule has 0 heterocycles. The molecule has 0 spiro atoms. The lowest BCUT2D eigenvalue weighted by atomic mass is 9.88. The molecule has 2 N–H and O–H groups in total. The molecule has 0 saturated carbocycles. The SMILES string of the molecule is O=C(CC(c1ccccc1)c1ccccc1)NC(Cc1ccccc1)C(=O)O. The molecule has 4 heteroatoms. The number of hydrogen-bond acceptors (Lipinski definition) is 2. The van der Waals surface area contributed by atoms with Gasteiger partial charge in [-0.2, -0.15) is 0 Å². The number of nitrogens with one attached hydrogen (secondary N) is 1. The van der Waals surface area contributed by atoms with Gasteiger partial charge in [0.25, 0.3) is 0 Å². The van der Waals surface area contributed by atoms with Crippen molar-refractivity contribution in [2.45, 2.75) is 24.8 Å². The number of carboxylic acids is 1. The van der Waals surface area contributed by atoms with Crippen LogP contribution in [0.4, 0.5) is 0 Å². The maximum absolute atomic E-state index is 12.7. The molecule has 0 aliphatic carbocycles. The molecule has 142 valence electrons. The van der Waals surface area contributed by atoms with E-state index in [-0.39, 0.29) is 24.7 Å². The number of carboxylic acid groups (broad SMARTS) is 1. The third kappa shape index (κ3) is 5.30. The zero-order chi connectivity index (χ0) is 19.8. The van der Waals surface area contributed by atoms with Gasteiger partial charge in [0.05, 0.1) is 0 Å². The molecule has 0 radical (unpaired) electrons. The molecular formula is C24H23NO3. The molecule has 4 nitrogen and oxygen atoms in total. The molecule has 0 aliphatic rings. The van der Waals surface area contributed by atoms with Crippen molar-refractivity contribution >= 4 is 11.9 Å². The van der Waals surface area contributed by atoms with Crippen molar-refractivity contribution in [1.82, 2.24) is 5.32 Å². The van der Waals surface area contributed by atoms with Crippen LogP contribution in [0.25, 0.3) is 0 Å². The van der Waals surface area contributed by atoms with Crippen molar-refractivity contribution in [2.75, 3.05) is 0 Å². The Morgan fingerprint density at radius 2 is 1.21 bits per heavy atom. The van der Waals surface area contributed by atoms with Crippen molar-refractivity contribution in [2.24, 2.45) is 0 Å². The predicted octanol–water partition coefficient (Wildman–Crippen LogP) is 4.02. The lowest BCUT2D eigenvalue weighted by Gasteiger charge is -2.20. The molecule has 3 aromatic rings. The second-order valence-electron chi connectivity index (χ2n) is 6.73. The molecule has 0 fully saturated rings. The zero-order valence-corrected chi connectivity index (χ0v) is 15.5. The van der Waals surface area contributed by atoms with Crippen molar-refractivity contribution in [3.8, 4) is 0 Å². The maximum Gasteiger partial charge on any atom is 0.326 e. The van der Waals surface area contributed by atoms with E-state index < -0.39 is 12.0 Å². The van der Waals surface area contributed by atoms with Gasteiger partial charge in [-0.3, -0.25) is 4.79 Å². The van der Waals surface area contributed by atoms with E-state index in [1.54, 1.807) is 0 Å². The Balaban J connectivity index is 1.75. The van der Waals surface area contributed by atoms with Gasteiger partial charge in [-0.15, -0.1) is 0 Å². The Labute approximate surface area is 164 Å². The Morgan fingerprint density at radius 1 is 0.750 bits per heavy atom. The number of aliphatic carboxylic acids is 1. The number of amides is 1. The summed E-state index contributed by atoms with van der Waals surface area (Å²) >= 11 is 0. The standard InChI is InChI=1S/C24H23NO3/c26-23(25-22(24(27)28)16-18-10-4-1-5-11-18)17-21(19-12-6-2-7-13-19)20-14-8-3-9-15-20/h1-15,21-22H,16-17H2,(H,25,26)(H,27,28). The molecule has 0 aliphatic heterocycles. The second kappa shape index (κ2) is 9.51. The molecule has 1 amide bonds. The number of rotatable bonds is 8. The highest BCUT2D eigenvalue weighted by atomic mass is 16.4. The predicted molar refractivity (Wildman–Crippen MR) is 109 cm³/mol. The number of hydrogen-bond donors (Lipinski definition) is 2. The second-order valence-corrected chi connectivity index (χ2v) is 6.73. The van der Waals surface area contributed by atoms with E-state index in [1.165, 1.54) is 0 Å². The molecule has 0 aromatic heterocycles. The third-order valence-corrected chi connectivity index (χ3v) is 4.71. The van der Waals surface area contributed by atoms with Gasteiger partial charge in [-0.05, 0) is 16.7 Å². The van der Waals surface area contributed by atoms with E-state index in [9.17, 15) is 14.7 Å². The van der Waals surface area contributed by atoms with Crippen LogP contribution in [0.2, 0.25) is 0 Å². The molecule has 28 heavy (non-hydrogen) atoms. The minimum atomic E-state index is -1.03. The Kier molecular flexibility index (Phi) is 6.58. The summed E-state index contributed by atoms with van der Waals surface area (Å²) in [6, 6.07) is 28.0. The van der Waals surface area contributed by atoms with Gasteiger partial charge in [0, 0.05) is 18.8 Å². The average molecular weight is 373 g/mol. The summed E-state index contributed by atoms with van der Waals surface area (Å²) in [4.78, 5) is 24.4. The summed E-state index contributed by atoms with van der Waals surface area (Å²) in [7, 11) is 0. The van der Waals surface area contributed by atoms with E-state index in [0.717, 1.165) is 16.7 Å². The quantitative estimate of drug-likeness (QED) is 0.627. The summed E-state index contributed by atoms with van der Waals surface area (Å²) in [5.41, 5.74) is 2.93. The summed E-state index contributed by atoms with van der Waals surface area (Å²) in [6.07, 6.45) is 0.440.